The number of ketones is 2. The van der Waals surface area contributed by atoms with Crippen molar-refractivity contribution < 1.29 is 9.59 Å². The van der Waals surface area contributed by atoms with E-state index in [2.05, 4.69) is 20.0 Å². The van der Waals surface area contributed by atoms with Gasteiger partial charge < -0.3 is 4.90 Å². The largest absolute Gasteiger partial charge is 0.335 e. The van der Waals surface area contributed by atoms with E-state index in [1.807, 2.05) is 36.1 Å². The minimum Gasteiger partial charge on any atom is -0.335 e. The number of Topliss-reactive ketones (excluding diaryl/α,β-unsaturated/α-hetero) is 2. The number of allylic oxidation sites excluding steroid dienone is 1. The van der Waals surface area contributed by atoms with Crippen LogP contribution in [0.25, 0.3) is 0 Å². The topological polar surface area (TPSA) is 135 Å². The highest BCUT2D eigenvalue weighted by Gasteiger charge is 2.35. The van der Waals surface area contributed by atoms with E-state index in [0.717, 1.165) is 23.0 Å². The molecule has 2 N–H and O–H groups in total. The van der Waals surface area contributed by atoms with Crippen LogP contribution in [0.5, 0.6) is 0 Å². The van der Waals surface area contributed by atoms with Gasteiger partial charge in [-0.15, -0.1) is 0 Å². The van der Waals surface area contributed by atoms with E-state index >= 15 is 0 Å². The highest BCUT2D eigenvalue weighted by Crippen LogP contribution is 2.47. The maximum absolute atomic E-state index is 14.4. The molecule has 0 spiro atoms. The molecule has 3 aromatic carbocycles. The maximum Gasteiger partial charge on any atom is 0.250 e. The number of hydrogen-bond donors (Lipinski definition) is 2. The zero-order valence-corrected chi connectivity index (χ0v) is 37.7. The Bertz CT molecular complexity index is 2060. The quantitative estimate of drug-likeness (QED) is 0.0463. The van der Waals surface area contributed by atoms with Crippen molar-refractivity contribution in [2.24, 2.45) is 20.0 Å². The Morgan fingerprint density at radius 2 is 1.00 bits per heavy atom. The van der Waals surface area contributed by atoms with E-state index in [1.165, 1.54) is 60.3 Å². The fourth-order valence-electron chi connectivity index (χ4n) is 4.62. The first-order chi connectivity index (χ1) is 25.9. The summed E-state index contributed by atoms with van der Waals surface area (Å²) in [6.07, 6.45) is 1.72. The number of hydrogen-bond acceptors (Lipinski definition) is 6. The molecule has 0 aliphatic carbocycles. The molecule has 1 aliphatic heterocycles. The average Bonchev–Trinajstić information content (AvgIpc) is 3.47. The van der Waals surface area contributed by atoms with Gasteiger partial charge in [0.05, 0.1) is 23.1 Å². The first-order valence-corrected chi connectivity index (χ1v) is 20.6. The Hall–Kier alpha value is -1.61. The van der Waals surface area contributed by atoms with Crippen molar-refractivity contribution in [3.8, 4) is 0 Å². The van der Waals surface area contributed by atoms with Crippen LogP contribution >= 0.6 is 151 Å². The number of thioether (sulfide) groups is 1. The normalized spacial score (nSPS) is 14.4. The van der Waals surface area contributed by atoms with Crippen LogP contribution < -0.4 is 4.90 Å². The van der Waals surface area contributed by atoms with Crippen molar-refractivity contribution in [2.45, 2.75) is 27.0 Å². The van der Waals surface area contributed by atoms with Crippen LogP contribution in [0.3, 0.4) is 0 Å². The van der Waals surface area contributed by atoms with Crippen molar-refractivity contribution in [1.82, 2.24) is 0 Å². The predicted octanol–water partition coefficient (Wildman–Crippen LogP) is 12.7. The highest BCUT2D eigenvalue weighted by atomic mass is 35.6. The van der Waals surface area contributed by atoms with Crippen LogP contribution in [0, 0.1) is 10.8 Å². The average molecular weight is 1020 g/mol. The molecule has 56 heavy (non-hydrogen) atoms. The zero-order valence-electron chi connectivity index (χ0n) is 27.8. The van der Waals surface area contributed by atoms with Crippen molar-refractivity contribution in [1.29, 1.82) is 10.8 Å². The number of amidine groups is 4. The molecule has 0 unspecified atom stereocenters. The monoisotopic (exact) mass is 1010 g/mol. The summed E-state index contributed by atoms with van der Waals surface area (Å²) in [5, 5.41) is 17.4. The molecule has 9 nitrogen and oxygen atoms in total. The third kappa shape index (κ3) is 12.9. The predicted molar refractivity (Wildman–Crippen MR) is 241 cm³/mol. The van der Waals surface area contributed by atoms with Gasteiger partial charge in [0.2, 0.25) is 15.2 Å². The van der Waals surface area contributed by atoms with Gasteiger partial charge in [-0.25, -0.2) is 20.0 Å². The van der Waals surface area contributed by atoms with Gasteiger partial charge in [-0.05, 0) is 19.1 Å². The van der Waals surface area contributed by atoms with E-state index in [0.29, 0.717) is 11.6 Å². The van der Waals surface area contributed by atoms with Gasteiger partial charge in [0.15, 0.2) is 34.9 Å². The lowest BCUT2D eigenvalue weighted by molar-refractivity contribution is 0.0961. The fraction of sp³-hybridized carbons (Fsp3) is 0.176. The number of halogens is 12. The second-order valence-corrected chi connectivity index (χ2v) is 21.3. The minimum atomic E-state index is -2.18. The highest BCUT2D eigenvalue weighted by molar-refractivity contribution is 8.03. The molecule has 4 rings (SSSR count). The number of rotatable bonds is 7. The van der Waals surface area contributed by atoms with Crippen LogP contribution in [0.1, 0.15) is 38.8 Å². The lowest BCUT2D eigenvalue weighted by Crippen LogP contribution is -2.24. The van der Waals surface area contributed by atoms with Crippen molar-refractivity contribution >= 4 is 204 Å². The Morgan fingerprint density at radius 3 is 1.36 bits per heavy atom. The first-order valence-electron chi connectivity index (χ1n) is 15.2. The lowest BCUT2D eigenvalue weighted by Gasteiger charge is -2.21. The number of carbonyl (C=O) groups is 2. The molecule has 22 heteroatoms. The summed E-state index contributed by atoms with van der Waals surface area (Å²) in [6.45, 7) is 2.33. The maximum atomic E-state index is 14.4. The van der Waals surface area contributed by atoms with E-state index in [4.69, 9.17) is 150 Å². The minimum absolute atomic E-state index is 0.118. The van der Waals surface area contributed by atoms with Crippen molar-refractivity contribution in [2.75, 3.05) is 11.4 Å². The summed E-state index contributed by atoms with van der Waals surface area (Å²) < 4.78 is -8.23. The lowest BCUT2D eigenvalue weighted by atomic mass is 9.94. The molecule has 0 radical (unpaired) electrons. The Morgan fingerprint density at radius 1 is 0.625 bits per heavy atom. The SMILES string of the molecule is CCN1C(=C(C(=O)c2ccc(C(=N)N=C(N=CC(Cl)(Cl)Cl)C(Cl)(Cl)Cl)cc2)C(=O)c2ccc(C(=N)N=C(N=CC(Cl)(Cl)Cl)C(Cl)(Cl)Cl)cc2)Sc2ccccc21. The van der Waals surface area contributed by atoms with Gasteiger partial charge in [-0.2, -0.15) is 0 Å². The van der Waals surface area contributed by atoms with Crippen LogP contribution in [0.15, 0.2) is 108 Å². The number of fused-ring (bicyclic) bond motifs is 1. The number of nitrogens with one attached hydrogen (secondary N) is 2. The van der Waals surface area contributed by atoms with Gasteiger partial charge >= 0.3 is 0 Å². The van der Waals surface area contributed by atoms with Gasteiger partial charge in [0.25, 0.3) is 0 Å². The van der Waals surface area contributed by atoms with E-state index in [-0.39, 0.29) is 27.8 Å². The number of carbonyl (C=O) groups excluding carboxylic acids is 2. The Labute approximate surface area is 384 Å². The third-order valence-electron chi connectivity index (χ3n) is 7.04. The molecule has 0 aromatic heterocycles. The van der Waals surface area contributed by atoms with Crippen LogP contribution in [0.2, 0.25) is 0 Å². The Kier molecular flexibility index (Phi) is 16.1. The van der Waals surface area contributed by atoms with Crippen LogP contribution in [-0.4, -0.2) is 69.1 Å². The molecule has 3 aromatic rings. The number of anilines is 1. The van der Waals surface area contributed by atoms with Gasteiger partial charge in [0.1, 0.15) is 5.57 Å². The van der Waals surface area contributed by atoms with Crippen LogP contribution in [-0.2, 0) is 0 Å². The smallest absolute Gasteiger partial charge is 0.250 e. The standard InChI is InChI=1S/C34H21Cl12N7O2S/c1-2-53-21-5-3-4-6-22(21)56-28(53)23(24(54)17-7-11-19(12-8-17)26(47)51-29(33(41,42)43)49-15-31(35,36)37)25(55)18-9-13-20(14-10-18)27(48)52-30(34(44,45)46)50-16-32(38,39)40/h3-16,47-48H,2H2,1H3. The summed E-state index contributed by atoms with van der Waals surface area (Å²) in [4.78, 5) is 47.1. The van der Waals surface area contributed by atoms with Crippen molar-refractivity contribution in [3.63, 3.8) is 0 Å². The molecule has 0 saturated heterocycles. The van der Waals surface area contributed by atoms with Crippen LogP contribution in [0.4, 0.5) is 5.69 Å². The molecule has 0 amide bonds. The summed E-state index contributed by atoms with van der Waals surface area (Å²) in [6, 6.07) is 18.9. The molecule has 1 aliphatic rings. The molecule has 294 valence electrons. The van der Waals surface area contributed by atoms with Gasteiger partial charge in [0, 0.05) is 33.7 Å². The third-order valence-corrected chi connectivity index (χ3v) is 9.82. The number of nitrogens with zero attached hydrogens (tertiary/aromatic N) is 5. The molecule has 1 heterocycles. The number of para-hydroxylation sites is 1. The van der Waals surface area contributed by atoms with Gasteiger partial charge in [-0.1, -0.05) is 212 Å². The summed E-state index contributed by atoms with van der Waals surface area (Å²) in [5.41, 5.74) is 1.33. The number of alkyl halides is 12. The Balaban J connectivity index is 1.74. The molecule has 0 bridgehead atoms. The zero-order chi connectivity index (χ0) is 41.8. The summed E-state index contributed by atoms with van der Waals surface area (Å²) in [5.74, 6) is -2.93. The first kappa shape index (κ1) is 47.1. The molecule has 0 atom stereocenters. The number of benzene rings is 3. The van der Waals surface area contributed by atoms with E-state index < -0.39 is 50.1 Å². The van der Waals surface area contributed by atoms with Gasteiger partial charge in [-0.3, -0.25) is 20.4 Å². The second-order valence-electron chi connectivity index (χ2n) is 11.0. The fourth-order valence-corrected chi connectivity index (χ4v) is 6.72. The summed E-state index contributed by atoms with van der Waals surface area (Å²) >= 11 is 71.4. The van der Waals surface area contributed by atoms with E-state index in [9.17, 15) is 9.59 Å². The van der Waals surface area contributed by atoms with E-state index in [1.54, 1.807) is 0 Å². The molecular weight excluding hydrogens is 996 g/mol. The molecule has 0 saturated carbocycles. The second kappa shape index (κ2) is 19.2. The molecule has 0 fully saturated rings. The number of aliphatic imine (C=N–C) groups is 4. The van der Waals surface area contributed by atoms with Crippen molar-refractivity contribution in [3.05, 3.63) is 106 Å². The molecular formula is C34H21Cl12N7O2S. The summed E-state index contributed by atoms with van der Waals surface area (Å²) in [7, 11) is 0.